The molecule has 146 valence electrons. The maximum absolute atomic E-state index is 12.1. The first-order chi connectivity index (χ1) is 13.1. The van der Waals surface area contributed by atoms with Crippen molar-refractivity contribution in [2.24, 2.45) is 10.9 Å². The van der Waals surface area contributed by atoms with Crippen LogP contribution < -0.4 is 16.0 Å². The lowest BCUT2D eigenvalue weighted by Crippen LogP contribution is -2.46. The van der Waals surface area contributed by atoms with Crippen LogP contribution in [0.25, 0.3) is 10.2 Å². The number of anilines is 1. The number of likely N-dealkylation sites (tertiary alicyclic amines) is 1. The van der Waals surface area contributed by atoms with E-state index in [2.05, 4.69) is 32.0 Å². The van der Waals surface area contributed by atoms with E-state index in [0.717, 1.165) is 49.2 Å². The van der Waals surface area contributed by atoms with Crippen molar-refractivity contribution in [3.63, 3.8) is 0 Å². The molecule has 2 aromatic rings. The summed E-state index contributed by atoms with van der Waals surface area (Å²) in [5.74, 6) is 1.04. The van der Waals surface area contributed by atoms with Crippen LogP contribution >= 0.6 is 11.3 Å². The van der Waals surface area contributed by atoms with Gasteiger partial charge in [0.2, 0.25) is 5.91 Å². The van der Waals surface area contributed by atoms with E-state index in [4.69, 9.17) is 0 Å². The maximum Gasteiger partial charge on any atom is 0.225 e. The molecule has 1 amide bonds. The maximum atomic E-state index is 12.1. The Kier molecular flexibility index (Phi) is 6.49. The van der Waals surface area contributed by atoms with Crippen LogP contribution in [0.5, 0.6) is 0 Å². The Balaban J connectivity index is 1.40. The number of aliphatic imine (C=N–C) groups is 1. The number of hydrogen-bond acceptors (Lipinski definition) is 5. The minimum absolute atomic E-state index is 0.0507. The van der Waals surface area contributed by atoms with E-state index in [0.29, 0.717) is 0 Å². The molecule has 1 unspecified atom stereocenters. The van der Waals surface area contributed by atoms with E-state index in [-0.39, 0.29) is 17.9 Å². The van der Waals surface area contributed by atoms with Crippen molar-refractivity contribution in [3.05, 3.63) is 24.3 Å². The van der Waals surface area contributed by atoms with Gasteiger partial charge in [0.25, 0.3) is 0 Å². The number of benzene rings is 1. The molecular formula is C19H28N6OS. The Morgan fingerprint density at radius 3 is 2.93 bits per heavy atom. The average molecular weight is 389 g/mol. The van der Waals surface area contributed by atoms with E-state index in [1.54, 1.807) is 18.4 Å². The second kappa shape index (κ2) is 9.03. The van der Waals surface area contributed by atoms with Crippen molar-refractivity contribution in [2.45, 2.75) is 26.3 Å². The Labute approximate surface area is 164 Å². The summed E-state index contributed by atoms with van der Waals surface area (Å²) in [6.07, 6.45) is 0.948. The van der Waals surface area contributed by atoms with Crippen molar-refractivity contribution in [3.8, 4) is 0 Å². The number of thiazole rings is 1. The number of nitrogens with zero attached hydrogens (tertiary/aromatic N) is 3. The number of amides is 1. The van der Waals surface area contributed by atoms with Crippen LogP contribution in [0.15, 0.2) is 29.3 Å². The van der Waals surface area contributed by atoms with Crippen molar-refractivity contribution in [1.82, 2.24) is 20.5 Å². The molecular weight excluding hydrogens is 360 g/mol. The third kappa shape index (κ3) is 5.09. The summed E-state index contributed by atoms with van der Waals surface area (Å²) in [6, 6.07) is 8.38. The van der Waals surface area contributed by atoms with Crippen molar-refractivity contribution < 1.29 is 4.79 Å². The van der Waals surface area contributed by atoms with Crippen LogP contribution in [0.2, 0.25) is 0 Å². The van der Waals surface area contributed by atoms with E-state index in [9.17, 15) is 4.79 Å². The van der Waals surface area contributed by atoms with Crippen LogP contribution in [0.3, 0.4) is 0 Å². The molecule has 1 aromatic heterocycles. The predicted octanol–water partition coefficient (Wildman–Crippen LogP) is 2.13. The zero-order valence-corrected chi connectivity index (χ0v) is 17.0. The highest BCUT2D eigenvalue weighted by atomic mass is 32.1. The van der Waals surface area contributed by atoms with E-state index >= 15 is 0 Å². The first-order valence-electron chi connectivity index (χ1n) is 9.42. The lowest BCUT2D eigenvalue weighted by atomic mass is 10.2. The number of carbonyl (C=O) groups is 1. The first-order valence-corrected chi connectivity index (χ1v) is 10.2. The molecule has 1 aliphatic rings. The van der Waals surface area contributed by atoms with Gasteiger partial charge in [-0.15, -0.1) is 0 Å². The van der Waals surface area contributed by atoms with Gasteiger partial charge in [0.1, 0.15) is 0 Å². The zero-order chi connectivity index (χ0) is 19.2. The number of hydrogen-bond donors (Lipinski definition) is 3. The Bertz CT molecular complexity index is 769. The highest BCUT2D eigenvalue weighted by molar-refractivity contribution is 7.22. The molecule has 1 aromatic carbocycles. The van der Waals surface area contributed by atoms with Gasteiger partial charge < -0.3 is 20.9 Å². The summed E-state index contributed by atoms with van der Waals surface area (Å²) in [4.78, 5) is 22.9. The molecule has 3 N–H and O–H groups in total. The Morgan fingerprint density at radius 2 is 2.19 bits per heavy atom. The minimum Gasteiger partial charge on any atom is -0.360 e. The van der Waals surface area contributed by atoms with Gasteiger partial charge in [-0.1, -0.05) is 37.3 Å². The van der Waals surface area contributed by atoms with Gasteiger partial charge in [0, 0.05) is 45.2 Å². The summed E-state index contributed by atoms with van der Waals surface area (Å²) in [7, 11) is 1.77. The number of aromatic nitrogens is 1. The number of para-hydroxylation sites is 1. The lowest BCUT2D eigenvalue weighted by molar-refractivity contribution is -0.133. The van der Waals surface area contributed by atoms with Crippen molar-refractivity contribution in [2.75, 3.05) is 38.5 Å². The standard InChI is InChI=1S/C19H28N6OS/c1-13(2)17(26)25-11-8-14(12-25)23-18(20-3)21-9-10-22-19-24-15-6-4-5-7-16(15)27-19/h4-7,13-14H,8-12H2,1-3H3,(H,22,24)(H2,20,21,23). The summed E-state index contributed by atoms with van der Waals surface area (Å²) >= 11 is 1.66. The fourth-order valence-electron chi connectivity index (χ4n) is 3.13. The third-order valence-corrected chi connectivity index (χ3v) is 5.54. The average Bonchev–Trinajstić information content (AvgIpc) is 3.29. The van der Waals surface area contributed by atoms with Gasteiger partial charge in [-0.3, -0.25) is 9.79 Å². The van der Waals surface area contributed by atoms with Gasteiger partial charge in [-0.05, 0) is 18.6 Å². The van der Waals surface area contributed by atoms with E-state index in [1.807, 2.05) is 36.9 Å². The number of nitrogens with one attached hydrogen (secondary N) is 3. The number of fused-ring (bicyclic) bond motifs is 1. The summed E-state index contributed by atoms with van der Waals surface area (Å²) in [5, 5.41) is 11.0. The molecule has 8 heteroatoms. The SMILES string of the molecule is CN=C(NCCNc1nc2ccccc2s1)NC1CCN(C(=O)C(C)C)C1. The first kappa shape index (κ1) is 19.4. The summed E-state index contributed by atoms with van der Waals surface area (Å²) in [6.45, 7) is 6.93. The predicted molar refractivity (Wildman–Crippen MR) is 112 cm³/mol. The molecule has 0 spiro atoms. The normalized spacial score (nSPS) is 17.6. The minimum atomic E-state index is 0.0507. The quantitative estimate of drug-likeness (QED) is 0.401. The van der Waals surface area contributed by atoms with Gasteiger partial charge in [0.05, 0.1) is 10.2 Å². The third-order valence-electron chi connectivity index (χ3n) is 4.55. The molecule has 1 fully saturated rings. The molecule has 0 aliphatic carbocycles. The van der Waals surface area contributed by atoms with Crippen LogP contribution in [0.4, 0.5) is 5.13 Å². The van der Waals surface area contributed by atoms with E-state index < -0.39 is 0 Å². The highest BCUT2D eigenvalue weighted by Gasteiger charge is 2.27. The van der Waals surface area contributed by atoms with Crippen molar-refractivity contribution in [1.29, 1.82) is 0 Å². The summed E-state index contributed by atoms with van der Waals surface area (Å²) < 4.78 is 1.19. The topological polar surface area (TPSA) is 81.7 Å². The molecule has 1 aliphatic heterocycles. The van der Waals surface area contributed by atoms with Gasteiger partial charge in [0.15, 0.2) is 11.1 Å². The zero-order valence-electron chi connectivity index (χ0n) is 16.2. The van der Waals surface area contributed by atoms with Crippen LogP contribution in [0, 0.1) is 5.92 Å². The lowest BCUT2D eigenvalue weighted by Gasteiger charge is -2.20. The molecule has 0 saturated carbocycles. The van der Waals surface area contributed by atoms with Crippen LogP contribution in [0.1, 0.15) is 20.3 Å². The van der Waals surface area contributed by atoms with E-state index in [1.165, 1.54) is 4.70 Å². The molecule has 3 rings (SSSR count). The van der Waals surface area contributed by atoms with Gasteiger partial charge >= 0.3 is 0 Å². The fraction of sp³-hybridized carbons (Fsp3) is 0.526. The summed E-state index contributed by atoms with van der Waals surface area (Å²) in [5.41, 5.74) is 1.03. The molecule has 27 heavy (non-hydrogen) atoms. The Morgan fingerprint density at radius 1 is 1.37 bits per heavy atom. The molecule has 1 saturated heterocycles. The number of rotatable bonds is 6. The van der Waals surface area contributed by atoms with Gasteiger partial charge in [-0.2, -0.15) is 0 Å². The number of carbonyl (C=O) groups excluding carboxylic acids is 1. The second-order valence-corrected chi connectivity index (χ2v) is 8.01. The van der Waals surface area contributed by atoms with Crippen molar-refractivity contribution >= 4 is 38.6 Å². The largest absolute Gasteiger partial charge is 0.360 e. The number of guanidine groups is 1. The molecule has 2 heterocycles. The highest BCUT2D eigenvalue weighted by Crippen LogP contribution is 2.24. The smallest absolute Gasteiger partial charge is 0.225 e. The fourth-order valence-corrected chi connectivity index (χ4v) is 4.02. The van der Waals surface area contributed by atoms with Crippen LogP contribution in [-0.4, -0.2) is 61.0 Å². The molecule has 0 bridgehead atoms. The van der Waals surface area contributed by atoms with Crippen LogP contribution in [-0.2, 0) is 4.79 Å². The molecule has 0 radical (unpaired) electrons. The Hall–Kier alpha value is -2.35. The molecule has 1 atom stereocenters. The van der Waals surface area contributed by atoms with Gasteiger partial charge in [-0.25, -0.2) is 4.98 Å². The monoisotopic (exact) mass is 388 g/mol. The molecule has 7 nitrogen and oxygen atoms in total. The second-order valence-electron chi connectivity index (χ2n) is 6.98.